The molecule has 0 bridgehead atoms. The van der Waals surface area contributed by atoms with Crippen LogP contribution in [-0.2, 0) is 0 Å². The third kappa shape index (κ3) is 1.76. The SMILES string of the molecule is O=[N+]([O-])c1ccc(C2Nc3cccc4cccc2c34)cc1. The van der Waals surface area contributed by atoms with Crippen molar-refractivity contribution in [3.05, 3.63) is 81.9 Å². The van der Waals surface area contributed by atoms with Gasteiger partial charge in [0.1, 0.15) is 0 Å². The van der Waals surface area contributed by atoms with Gasteiger partial charge in [-0.05, 0) is 34.7 Å². The lowest BCUT2D eigenvalue weighted by atomic mass is 9.97. The van der Waals surface area contributed by atoms with Gasteiger partial charge in [-0.25, -0.2) is 0 Å². The van der Waals surface area contributed by atoms with Crippen molar-refractivity contribution < 1.29 is 4.92 Å². The topological polar surface area (TPSA) is 55.2 Å². The Labute approximate surface area is 121 Å². The molecule has 4 rings (SSSR count). The third-order valence-corrected chi connectivity index (χ3v) is 3.99. The monoisotopic (exact) mass is 276 g/mol. The van der Waals surface area contributed by atoms with Gasteiger partial charge in [0.25, 0.3) is 5.69 Å². The highest BCUT2D eigenvalue weighted by atomic mass is 16.6. The van der Waals surface area contributed by atoms with E-state index in [-0.39, 0.29) is 16.7 Å². The zero-order valence-electron chi connectivity index (χ0n) is 11.1. The molecule has 3 aromatic carbocycles. The van der Waals surface area contributed by atoms with Gasteiger partial charge in [-0.1, -0.05) is 30.3 Å². The van der Waals surface area contributed by atoms with Crippen LogP contribution in [0.2, 0.25) is 0 Å². The van der Waals surface area contributed by atoms with Gasteiger partial charge in [0.2, 0.25) is 0 Å². The van der Waals surface area contributed by atoms with Crippen molar-refractivity contribution in [2.45, 2.75) is 6.04 Å². The van der Waals surface area contributed by atoms with Gasteiger partial charge >= 0.3 is 0 Å². The maximum atomic E-state index is 10.8. The third-order valence-electron chi connectivity index (χ3n) is 3.99. The molecule has 1 aliphatic rings. The quantitative estimate of drug-likeness (QED) is 0.562. The first kappa shape index (κ1) is 11.9. The molecule has 3 aromatic rings. The highest BCUT2D eigenvalue weighted by Crippen LogP contribution is 2.42. The molecule has 1 atom stereocenters. The molecule has 1 unspecified atom stereocenters. The normalized spacial score (nSPS) is 15.9. The van der Waals surface area contributed by atoms with Crippen LogP contribution in [0.25, 0.3) is 10.8 Å². The maximum absolute atomic E-state index is 10.8. The first-order valence-electron chi connectivity index (χ1n) is 6.76. The Kier molecular flexibility index (Phi) is 2.44. The number of nitrogens with one attached hydrogen (secondary N) is 1. The summed E-state index contributed by atoms with van der Waals surface area (Å²) in [5.41, 5.74) is 3.49. The number of non-ortho nitro benzene ring substituents is 1. The second-order valence-electron chi connectivity index (χ2n) is 5.18. The molecule has 0 aliphatic carbocycles. The van der Waals surface area contributed by atoms with Crippen molar-refractivity contribution in [1.29, 1.82) is 0 Å². The van der Waals surface area contributed by atoms with Crippen LogP contribution in [0, 0.1) is 10.1 Å². The Hall–Kier alpha value is -2.88. The largest absolute Gasteiger partial charge is 0.374 e. The summed E-state index contributed by atoms with van der Waals surface area (Å²) in [5, 5.41) is 16.7. The second-order valence-corrected chi connectivity index (χ2v) is 5.18. The van der Waals surface area contributed by atoms with Crippen LogP contribution < -0.4 is 5.32 Å². The molecule has 0 aromatic heterocycles. The molecule has 21 heavy (non-hydrogen) atoms. The average molecular weight is 276 g/mol. The van der Waals surface area contributed by atoms with Gasteiger partial charge in [0.15, 0.2) is 0 Å². The fourth-order valence-electron chi connectivity index (χ4n) is 3.02. The highest BCUT2D eigenvalue weighted by Gasteiger charge is 2.24. The minimum absolute atomic E-state index is 0.0481. The summed E-state index contributed by atoms with van der Waals surface area (Å²) in [7, 11) is 0. The van der Waals surface area contributed by atoms with Crippen LogP contribution in [0.5, 0.6) is 0 Å². The van der Waals surface area contributed by atoms with E-state index in [0.717, 1.165) is 11.3 Å². The Balaban J connectivity index is 1.82. The Morgan fingerprint density at radius 2 is 1.67 bits per heavy atom. The van der Waals surface area contributed by atoms with Gasteiger partial charge in [-0.3, -0.25) is 10.1 Å². The number of nitro groups is 1. The van der Waals surface area contributed by atoms with Crippen molar-refractivity contribution in [3.63, 3.8) is 0 Å². The van der Waals surface area contributed by atoms with Crippen LogP contribution in [0.3, 0.4) is 0 Å². The fourth-order valence-corrected chi connectivity index (χ4v) is 3.02. The number of hydrogen-bond donors (Lipinski definition) is 1. The first-order chi connectivity index (χ1) is 10.2. The van der Waals surface area contributed by atoms with Crippen LogP contribution in [0.1, 0.15) is 17.2 Å². The molecule has 4 heteroatoms. The van der Waals surface area contributed by atoms with E-state index in [1.165, 1.54) is 16.3 Å². The van der Waals surface area contributed by atoms with Gasteiger partial charge in [0.05, 0.1) is 11.0 Å². The summed E-state index contributed by atoms with van der Waals surface area (Å²) in [6.45, 7) is 0. The van der Waals surface area contributed by atoms with Crippen molar-refractivity contribution >= 4 is 22.1 Å². The molecule has 102 valence electrons. The minimum atomic E-state index is -0.374. The number of anilines is 1. The van der Waals surface area contributed by atoms with Crippen molar-refractivity contribution in [1.82, 2.24) is 0 Å². The number of rotatable bonds is 2. The van der Waals surface area contributed by atoms with Gasteiger partial charge in [-0.2, -0.15) is 0 Å². The smallest absolute Gasteiger partial charge is 0.269 e. The summed E-state index contributed by atoms with van der Waals surface area (Å²) in [5.74, 6) is 0. The van der Waals surface area contributed by atoms with E-state index in [2.05, 4.69) is 29.6 Å². The van der Waals surface area contributed by atoms with Crippen molar-refractivity contribution in [2.24, 2.45) is 0 Å². The van der Waals surface area contributed by atoms with Gasteiger partial charge in [-0.15, -0.1) is 0 Å². The van der Waals surface area contributed by atoms with Crippen LogP contribution in [0.15, 0.2) is 60.7 Å². The van der Waals surface area contributed by atoms with E-state index in [1.807, 2.05) is 24.3 Å². The summed E-state index contributed by atoms with van der Waals surface area (Å²) in [6.07, 6.45) is 0. The van der Waals surface area contributed by atoms with E-state index in [0.29, 0.717) is 0 Å². The van der Waals surface area contributed by atoms with E-state index in [1.54, 1.807) is 12.1 Å². The van der Waals surface area contributed by atoms with Crippen molar-refractivity contribution in [2.75, 3.05) is 5.32 Å². The lowest BCUT2D eigenvalue weighted by Gasteiger charge is -2.13. The van der Waals surface area contributed by atoms with Crippen LogP contribution in [-0.4, -0.2) is 4.92 Å². The molecule has 1 N–H and O–H groups in total. The Morgan fingerprint density at radius 1 is 0.952 bits per heavy atom. The Bertz CT molecular complexity index is 851. The summed E-state index contributed by atoms with van der Waals surface area (Å²) in [6, 6.07) is 19.3. The maximum Gasteiger partial charge on any atom is 0.269 e. The van der Waals surface area contributed by atoms with Gasteiger partial charge in [0, 0.05) is 23.2 Å². The molecule has 0 spiro atoms. The van der Waals surface area contributed by atoms with E-state index in [9.17, 15) is 10.1 Å². The number of nitro benzene ring substituents is 1. The second kappa shape index (κ2) is 4.31. The number of benzene rings is 3. The lowest BCUT2D eigenvalue weighted by Crippen LogP contribution is -2.06. The summed E-state index contributed by atoms with van der Waals surface area (Å²) >= 11 is 0. The zero-order valence-corrected chi connectivity index (χ0v) is 11.1. The van der Waals surface area contributed by atoms with E-state index < -0.39 is 0 Å². The molecule has 0 fully saturated rings. The number of nitrogens with zero attached hydrogens (tertiary/aromatic N) is 1. The molecule has 1 aliphatic heterocycles. The standard InChI is InChI=1S/C17H12N2O2/c20-19(21)13-9-7-12(8-10-13)17-14-5-1-3-11-4-2-6-15(18-17)16(11)14/h1-10,17-18H. The molecule has 4 nitrogen and oxygen atoms in total. The van der Waals surface area contributed by atoms with Crippen LogP contribution >= 0.6 is 0 Å². The molecule has 0 saturated heterocycles. The number of hydrogen-bond acceptors (Lipinski definition) is 3. The van der Waals surface area contributed by atoms with Crippen LogP contribution in [0.4, 0.5) is 11.4 Å². The van der Waals surface area contributed by atoms with E-state index in [4.69, 9.17) is 0 Å². The molecule has 0 amide bonds. The lowest BCUT2D eigenvalue weighted by molar-refractivity contribution is -0.384. The highest BCUT2D eigenvalue weighted by molar-refractivity contribution is 6.00. The predicted molar refractivity (Wildman–Crippen MR) is 82.5 cm³/mol. The average Bonchev–Trinajstić information content (AvgIpc) is 2.89. The Morgan fingerprint density at radius 3 is 2.38 bits per heavy atom. The molecular formula is C17H12N2O2. The predicted octanol–water partition coefficient (Wildman–Crippen LogP) is 4.26. The first-order valence-corrected chi connectivity index (χ1v) is 6.76. The molecule has 0 radical (unpaired) electrons. The van der Waals surface area contributed by atoms with Gasteiger partial charge < -0.3 is 5.32 Å². The zero-order chi connectivity index (χ0) is 14.4. The molecular weight excluding hydrogens is 264 g/mol. The van der Waals surface area contributed by atoms with Crippen molar-refractivity contribution in [3.8, 4) is 0 Å². The minimum Gasteiger partial charge on any atom is -0.374 e. The summed E-state index contributed by atoms with van der Waals surface area (Å²) in [4.78, 5) is 10.4. The molecule has 1 heterocycles. The fraction of sp³-hybridized carbons (Fsp3) is 0.0588. The molecule has 0 saturated carbocycles. The van der Waals surface area contributed by atoms with E-state index >= 15 is 0 Å². The summed E-state index contributed by atoms with van der Waals surface area (Å²) < 4.78 is 0.